The first-order chi connectivity index (χ1) is 22.3. The second-order valence-corrected chi connectivity index (χ2v) is 13.2. The molecule has 3 aromatic carbocycles. The van der Waals surface area contributed by atoms with Gasteiger partial charge in [0.25, 0.3) is 0 Å². The number of hydrogen-bond donors (Lipinski definition) is 0. The van der Waals surface area contributed by atoms with Crippen LogP contribution >= 0.6 is 0 Å². The Hall–Kier alpha value is -4.35. The Bertz CT molecular complexity index is 1760. The number of hydrogen-bond acceptors (Lipinski definition) is 4. The monoisotopic (exact) mass is 677 g/mol. The Kier molecular flexibility index (Phi) is 9.17. The molecule has 0 saturated carbocycles. The van der Waals surface area contributed by atoms with E-state index in [1.807, 2.05) is 0 Å². The van der Waals surface area contributed by atoms with Crippen LogP contribution in [0, 0.1) is 18.2 Å². The zero-order chi connectivity index (χ0) is 35.3. The van der Waals surface area contributed by atoms with E-state index >= 15 is 4.39 Å². The van der Waals surface area contributed by atoms with Gasteiger partial charge in [-0.2, -0.15) is 26.3 Å². The van der Waals surface area contributed by atoms with Gasteiger partial charge in [-0.25, -0.2) is 14.0 Å². The van der Waals surface area contributed by atoms with Crippen molar-refractivity contribution in [3.63, 3.8) is 0 Å². The van der Waals surface area contributed by atoms with Gasteiger partial charge in [-0.3, -0.25) is 4.90 Å². The molecule has 0 spiro atoms. The molecule has 256 valence electrons. The van der Waals surface area contributed by atoms with Gasteiger partial charge in [0, 0.05) is 12.1 Å². The Morgan fingerprint density at radius 1 is 0.958 bits per heavy atom. The zero-order valence-corrected chi connectivity index (χ0v) is 26.9. The highest BCUT2D eigenvalue weighted by Gasteiger charge is 2.44. The number of carbonyl (C=O) groups excluding carboxylic acids is 2. The molecule has 1 aliphatic heterocycles. The molecule has 0 radical (unpaired) electrons. The summed E-state index contributed by atoms with van der Waals surface area (Å²) in [4.78, 5) is 26.5. The average Bonchev–Trinajstić information content (AvgIpc) is 3.28. The van der Waals surface area contributed by atoms with Crippen LogP contribution in [0.4, 0.5) is 35.5 Å². The van der Waals surface area contributed by atoms with E-state index in [-0.39, 0.29) is 18.0 Å². The quantitative estimate of drug-likeness (QED) is 0.193. The van der Waals surface area contributed by atoms with E-state index in [4.69, 9.17) is 9.47 Å². The third kappa shape index (κ3) is 7.07. The molecule has 1 saturated heterocycles. The van der Waals surface area contributed by atoms with Gasteiger partial charge in [-0.05, 0) is 114 Å². The number of allylic oxidation sites excluding steroid dienone is 1. The second kappa shape index (κ2) is 12.6. The Balaban J connectivity index is 1.52. The molecular weight excluding hydrogens is 643 g/mol. The van der Waals surface area contributed by atoms with Gasteiger partial charge in [0.15, 0.2) is 0 Å². The summed E-state index contributed by atoms with van der Waals surface area (Å²) in [6, 6.07) is 9.80. The summed E-state index contributed by atoms with van der Waals surface area (Å²) in [5.41, 5.74) is 0.662. The number of benzene rings is 3. The number of halogens is 7. The number of aryl methyl sites for hydroxylation is 1. The van der Waals surface area contributed by atoms with Crippen molar-refractivity contribution >= 4 is 17.6 Å². The molecule has 2 unspecified atom stereocenters. The maximum Gasteiger partial charge on any atom is 0.416 e. The lowest BCUT2D eigenvalue weighted by molar-refractivity contribution is -0.143. The molecule has 5 nitrogen and oxygen atoms in total. The molecule has 0 aromatic heterocycles. The molecular formula is C36H34F7NO4. The minimum Gasteiger partial charge on any atom is -0.465 e. The molecule has 0 N–H and O–H groups in total. The van der Waals surface area contributed by atoms with E-state index in [2.05, 4.69) is 13.8 Å². The van der Waals surface area contributed by atoms with Crippen LogP contribution in [0.3, 0.4) is 0 Å². The summed E-state index contributed by atoms with van der Waals surface area (Å²) in [7, 11) is 1.27. The minimum absolute atomic E-state index is 0.0138. The fourth-order valence-corrected chi connectivity index (χ4v) is 6.55. The summed E-state index contributed by atoms with van der Waals surface area (Å²) in [6.45, 7) is 7.40. The summed E-state index contributed by atoms with van der Waals surface area (Å²) in [5, 5.41) is 0. The summed E-state index contributed by atoms with van der Waals surface area (Å²) < 4.78 is 107. The van der Waals surface area contributed by atoms with E-state index in [1.165, 1.54) is 25.0 Å². The molecule has 2 aliphatic rings. The molecule has 0 bridgehead atoms. The van der Waals surface area contributed by atoms with Crippen molar-refractivity contribution in [1.82, 2.24) is 4.90 Å². The molecule has 48 heavy (non-hydrogen) atoms. The number of carbonyl (C=O) groups is 2. The number of alkyl halides is 6. The molecule has 1 fully saturated rings. The predicted molar refractivity (Wildman–Crippen MR) is 164 cm³/mol. The standard InChI is InChI=1S/C36H34F7NO4/c1-19-12-22(32(45)47-5)6-8-27(19)29-15-21(7-9-30(29)37)28-10-11-34(3,4)17-24(28)18-44-20(2)31(48-33(44)46)23-13-25(35(38,39)40)16-26(14-23)36(41,42)43/h6-9,12-16,20,31H,10-11,17-18H2,1-5H3. The van der Waals surface area contributed by atoms with E-state index in [9.17, 15) is 35.9 Å². The fourth-order valence-electron chi connectivity index (χ4n) is 6.55. The normalized spacial score (nSPS) is 19.8. The van der Waals surface area contributed by atoms with E-state index in [0.29, 0.717) is 52.8 Å². The van der Waals surface area contributed by atoms with Crippen LogP contribution in [0.25, 0.3) is 16.7 Å². The third-order valence-corrected chi connectivity index (χ3v) is 9.11. The van der Waals surface area contributed by atoms with Gasteiger partial charge in [0.2, 0.25) is 0 Å². The van der Waals surface area contributed by atoms with Crippen LogP contribution in [0.2, 0.25) is 0 Å². The van der Waals surface area contributed by atoms with Crippen LogP contribution < -0.4 is 0 Å². The molecule has 1 amide bonds. The number of cyclic esters (lactones) is 1. The van der Waals surface area contributed by atoms with Gasteiger partial charge in [-0.15, -0.1) is 0 Å². The van der Waals surface area contributed by atoms with Gasteiger partial charge in [-0.1, -0.05) is 26.0 Å². The molecule has 5 rings (SSSR count). The van der Waals surface area contributed by atoms with Crippen LogP contribution in [0.1, 0.15) is 84.3 Å². The lowest BCUT2D eigenvalue weighted by atomic mass is 9.72. The zero-order valence-electron chi connectivity index (χ0n) is 26.9. The lowest BCUT2D eigenvalue weighted by Gasteiger charge is -2.35. The molecule has 12 heteroatoms. The Morgan fingerprint density at radius 3 is 2.19 bits per heavy atom. The van der Waals surface area contributed by atoms with Crippen LogP contribution in [0.15, 0.2) is 60.2 Å². The van der Waals surface area contributed by atoms with Crippen molar-refractivity contribution in [2.24, 2.45) is 5.41 Å². The maximum atomic E-state index is 15.3. The predicted octanol–water partition coefficient (Wildman–Crippen LogP) is 10.2. The first-order valence-electron chi connectivity index (χ1n) is 15.3. The van der Waals surface area contributed by atoms with Crippen molar-refractivity contribution < 1.29 is 49.8 Å². The van der Waals surface area contributed by atoms with Gasteiger partial charge < -0.3 is 9.47 Å². The molecule has 1 aliphatic carbocycles. The number of nitrogens with zero attached hydrogens (tertiary/aromatic N) is 1. The maximum absolute atomic E-state index is 15.3. The van der Waals surface area contributed by atoms with E-state index < -0.39 is 59.1 Å². The molecule has 2 atom stereocenters. The summed E-state index contributed by atoms with van der Waals surface area (Å²) in [5.74, 6) is -1.01. The van der Waals surface area contributed by atoms with E-state index in [0.717, 1.165) is 17.6 Å². The average molecular weight is 678 g/mol. The lowest BCUT2D eigenvalue weighted by Crippen LogP contribution is -2.35. The van der Waals surface area contributed by atoms with Gasteiger partial charge in [0.1, 0.15) is 11.9 Å². The largest absolute Gasteiger partial charge is 0.465 e. The van der Waals surface area contributed by atoms with Crippen molar-refractivity contribution in [2.45, 2.75) is 71.5 Å². The SMILES string of the molecule is COC(=O)c1ccc(-c2cc(C3=C(CN4C(=O)OC(c5cc(C(F)(F)F)cc(C(F)(F)F)c5)C4C)CC(C)(C)CC3)ccc2F)c(C)c1. The summed E-state index contributed by atoms with van der Waals surface area (Å²) in [6.07, 6.45) is -10.5. The molecule has 1 heterocycles. The van der Waals surface area contributed by atoms with Gasteiger partial charge >= 0.3 is 24.4 Å². The van der Waals surface area contributed by atoms with Crippen molar-refractivity contribution in [1.29, 1.82) is 0 Å². The smallest absolute Gasteiger partial charge is 0.416 e. The topological polar surface area (TPSA) is 55.8 Å². The van der Waals surface area contributed by atoms with Crippen LogP contribution in [-0.2, 0) is 21.8 Å². The Labute approximate surface area is 273 Å². The highest BCUT2D eigenvalue weighted by Crippen LogP contribution is 2.46. The first kappa shape index (κ1) is 35.0. The Morgan fingerprint density at radius 2 is 1.60 bits per heavy atom. The first-order valence-corrected chi connectivity index (χ1v) is 15.3. The number of rotatable bonds is 6. The molecule has 3 aromatic rings. The minimum atomic E-state index is -5.05. The van der Waals surface area contributed by atoms with Crippen LogP contribution in [-0.4, -0.2) is 36.7 Å². The third-order valence-electron chi connectivity index (χ3n) is 9.11. The number of methoxy groups -OCH3 is 1. The van der Waals surface area contributed by atoms with E-state index in [1.54, 1.807) is 37.3 Å². The number of ether oxygens (including phenoxy) is 2. The van der Waals surface area contributed by atoms with Crippen molar-refractivity contribution in [2.75, 3.05) is 13.7 Å². The fraction of sp³-hybridized carbons (Fsp3) is 0.389. The van der Waals surface area contributed by atoms with Gasteiger partial charge in [0.05, 0.1) is 29.8 Å². The highest BCUT2D eigenvalue weighted by atomic mass is 19.4. The van der Waals surface area contributed by atoms with Crippen molar-refractivity contribution in [3.05, 3.63) is 99.4 Å². The highest BCUT2D eigenvalue weighted by molar-refractivity contribution is 5.90. The number of amides is 1. The second-order valence-electron chi connectivity index (χ2n) is 13.2. The summed E-state index contributed by atoms with van der Waals surface area (Å²) >= 11 is 0. The van der Waals surface area contributed by atoms with Crippen molar-refractivity contribution in [3.8, 4) is 11.1 Å². The number of esters is 1. The van der Waals surface area contributed by atoms with Crippen LogP contribution in [0.5, 0.6) is 0 Å².